The number of nitrogens with two attached hydrogens (primary N) is 1. The summed E-state index contributed by atoms with van der Waals surface area (Å²) < 4.78 is 6.76. The van der Waals surface area contributed by atoms with Gasteiger partial charge in [-0.05, 0) is 13.8 Å². The van der Waals surface area contributed by atoms with E-state index in [1.54, 1.807) is 4.68 Å². The van der Waals surface area contributed by atoms with Crippen molar-refractivity contribution in [1.82, 2.24) is 20.0 Å². The Hall–Kier alpha value is -2.31. The molecule has 2 aromatic rings. The van der Waals surface area contributed by atoms with Crippen molar-refractivity contribution >= 4 is 11.6 Å². The monoisotopic (exact) mass is 249 g/mol. The van der Waals surface area contributed by atoms with Gasteiger partial charge in [0.2, 0.25) is 5.78 Å². The van der Waals surface area contributed by atoms with Gasteiger partial charge < -0.3 is 10.5 Å². The molecule has 0 aliphatic rings. The molecule has 3 N–H and O–H groups in total. The fourth-order valence-corrected chi connectivity index (χ4v) is 1.71. The number of carbonyl (C=O) groups excluding carboxylic acids is 1. The molecule has 0 saturated heterocycles. The Bertz CT molecular complexity index is 570. The molecule has 0 aromatic carbocycles. The lowest BCUT2D eigenvalue weighted by atomic mass is 10.1. The normalized spacial score (nSPS) is 10.9. The number of rotatable bonds is 4. The van der Waals surface area contributed by atoms with Crippen LogP contribution in [0.4, 0.5) is 5.82 Å². The maximum absolute atomic E-state index is 12.4. The van der Waals surface area contributed by atoms with Crippen LogP contribution < -0.4 is 10.5 Å². The average molecular weight is 249 g/mol. The lowest BCUT2D eigenvalue weighted by Gasteiger charge is -2.10. The van der Waals surface area contributed by atoms with Crippen LogP contribution in [0.5, 0.6) is 5.75 Å². The quantitative estimate of drug-likeness (QED) is 0.788. The van der Waals surface area contributed by atoms with Crippen molar-refractivity contribution in [2.75, 3.05) is 12.8 Å². The standard InChI is InChI=1S/C11H15N5O2/c1-6(2)16-9(8(18-3)5-14-16)10(17)7-4-13-15-11(7)12/h4-6H,1-3H3,(H3,12,13,15). The van der Waals surface area contributed by atoms with Gasteiger partial charge >= 0.3 is 0 Å². The average Bonchev–Trinajstić information content (AvgIpc) is 2.93. The molecule has 2 aromatic heterocycles. The molecule has 96 valence electrons. The first-order valence-electron chi connectivity index (χ1n) is 5.51. The molecule has 7 nitrogen and oxygen atoms in total. The minimum atomic E-state index is -0.260. The van der Waals surface area contributed by atoms with E-state index in [9.17, 15) is 4.79 Å². The van der Waals surface area contributed by atoms with E-state index in [0.717, 1.165) is 0 Å². The smallest absolute Gasteiger partial charge is 0.220 e. The van der Waals surface area contributed by atoms with E-state index in [1.165, 1.54) is 19.5 Å². The van der Waals surface area contributed by atoms with Crippen LogP contribution in [-0.2, 0) is 0 Å². The molecule has 0 saturated carbocycles. The predicted molar refractivity (Wildman–Crippen MR) is 65.6 cm³/mol. The number of nitrogen functional groups attached to an aromatic ring is 1. The number of carbonyl (C=O) groups is 1. The second kappa shape index (κ2) is 4.52. The van der Waals surface area contributed by atoms with Crippen molar-refractivity contribution in [2.45, 2.75) is 19.9 Å². The maximum Gasteiger partial charge on any atom is 0.220 e. The third-order valence-corrected chi connectivity index (χ3v) is 2.60. The summed E-state index contributed by atoms with van der Waals surface area (Å²) in [5.74, 6) is 0.400. The first-order chi connectivity index (χ1) is 8.56. The summed E-state index contributed by atoms with van der Waals surface area (Å²) in [4.78, 5) is 12.4. The van der Waals surface area contributed by atoms with Gasteiger partial charge in [0, 0.05) is 6.04 Å². The molecule has 0 aliphatic heterocycles. The van der Waals surface area contributed by atoms with E-state index >= 15 is 0 Å². The molecule has 2 rings (SSSR count). The van der Waals surface area contributed by atoms with Crippen LogP contribution in [0.25, 0.3) is 0 Å². The Morgan fingerprint density at radius 2 is 2.22 bits per heavy atom. The molecule has 18 heavy (non-hydrogen) atoms. The molecule has 0 fully saturated rings. The summed E-state index contributed by atoms with van der Waals surface area (Å²) in [6.45, 7) is 3.86. The van der Waals surface area contributed by atoms with Gasteiger partial charge in [0.05, 0.1) is 25.1 Å². The van der Waals surface area contributed by atoms with Crippen LogP contribution in [0.1, 0.15) is 35.9 Å². The van der Waals surface area contributed by atoms with Crippen LogP contribution in [0.3, 0.4) is 0 Å². The van der Waals surface area contributed by atoms with Crippen LogP contribution in [0, 0.1) is 0 Å². The van der Waals surface area contributed by atoms with Crippen molar-refractivity contribution in [2.24, 2.45) is 0 Å². The molecule has 2 heterocycles. The first-order valence-corrected chi connectivity index (χ1v) is 5.51. The first kappa shape index (κ1) is 12.2. The molecule has 0 atom stereocenters. The molecule has 0 aliphatic carbocycles. The highest BCUT2D eigenvalue weighted by atomic mass is 16.5. The van der Waals surface area contributed by atoms with Crippen LogP contribution in [-0.4, -0.2) is 32.9 Å². The Balaban J connectivity index is 2.53. The van der Waals surface area contributed by atoms with Crippen molar-refractivity contribution in [3.8, 4) is 5.75 Å². The summed E-state index contributed by atoms with van der Waals surface area (Å²) in [6.07, 6.45) is 2.91. The van der Waals surface area contributed by atoms with E-state index in [0.29, 0.717) is 17.0 Å². The van der Waals surface area contributed by atoms with E-state index < -0.39 is 0 Å². The molecular formula is C11H15N5O2. The third kappa shape index (κ3) is 1.83. The number of methoxy groups -OCH3 is 1. The SMILES string of the molecule is COc1cnn(C(C)C)c1C(=O)c1cn[nH]c1N. The molecule has 0 amide bonds. The minimum absolute atomic E-state index is 0.0426. The third-order valence-electron chi connectivity index (χ3n) is 2.60. The van der Waals surface area contributed by atoms with Crippen molar-refractivity contribution in [1.29, 1.82) is 0 Å². The van der Waals surface area contributed by atoms with Gasteiger partial charge in [0.1, 0.15) is 5.82 Å². The Morgan fingerprint density at radius 3 is 2.72 bits per heavy atom. The summed E-state index contributed by atoms with van der Waals surface area (Å²) in [7, 11) is 1.50. The molecule has 7 heteroatoms. The Labute approximate surface area is 104 Å². The zero-order valence-electron chi connectivity index (χ0n) is 10.5. The second-order valence-electron chi connectivity index (χ2n) is 4.13. The van der Waals surface area contributed by atoms with Crippen LogP contribution in [0.2, 0.25) is 0 Å². The summed E-state index contributed by atoms with van der Waals surface area (Å²) >= 11 is 0. The van der Waals surface area contributed by atoms with Gasteiger partial charge in [-0.2, -0.15) is 10.2 Å². The van der Waals surface area contributed by atoms with Crippen molar-refractivity contribution in [3.05, 3.63) is 23.7 Å². The summed E-state index contributed by atoms with van der Waals surface area (Å²) in [5.41, 5.74) is 6.35. The number of aromatic amines is 1. The van der Waals surface area contributed by atoms with Crippen LogP contribution in [0.15, 0.2) is 12.4 Å². The van der Waals surface area contributed by atoms with Gasteiger partial charge in [0.25, 0.3) is 0 Å². The number of anilines is 1. The van der Waals surface area contributed by atoms with Gasteiger partial charge in [-0.15, -0.1) is 0 Å². The van der Waals surface area contributed by atoms with E-state index in [1.807, 2.05) is 13.8 Å². The van der Waals surface area contributed by atoms with Crippen molar-refractivity contribution < 1.29 is 9.53 Å². The van der Waals surface area contributed by atoms with Crippen LogP contribution >= 0.6 is 0 Å². The molecule has 0 unspecified atom stereocenters. The lowest BCUT2D eigenvalue weighted by Crippen LogP contribution is -2.15. The zero-order valence-corrected chi connectivity index (χ0v) is 10.5. The maximum atomic E-state index is 12.4. The largest absolute Gasteiger partial charge is 0.493 e. The van der Waals surface area contributed by atoms with E-state index in [4.69, 9.17) is 10.5 Å². The summed E-state index contributed by atoms with van der Waals surface area (Å²) in [6, 6.07) is 0.0426. The highest BCUT2D eigenvalue weighted by Gasteiger charge is 2.24. The molecular weight excluding hydrogens is 234 g/mol. The van der Waals surface area contributed by atoms with E-state index in [2.05, 4.69) is 15.3 Å². The van der Waals surface area contributed by atoms with Crippen molar-refractivity contribution in [3.63, 3.8) is 0 Å². The molecule has 0 bridgehead atoms. The topological polar surface area (TPSA) is 98.8 Å². The number of nitrogens with zero attached hydrogens (tertiary/aromatic N) is 3. The van der Waals surface area contributed by atoms with E-state index in [-0.39, 0.29) is 17.6 Å². The minimum Gasteiger partial charge on any atom is -0.493 e. The molecule has 0 spiro atoms. The number of nitrogens with one attached hydrogen (secondary N) is 1. The zero-order chi connectivity index (χ0) is 13.3. The number of ketones is 1. The van der Waals surface area contributed by atoms with Gasteiger partial charge in [-0.1, -0.05) is 0 Å². The fraction of sp³-hybridized carbons (Fsp3) is 0.364. The predicted octanol–water partition coefficient (Wildman–Crippen LogP) is 1.01. The van der Waals surface area contributed by atoms with Gasteiger partial charge in [-0.25, -0.2) is 0 Å². The number of H-pyrrole nitrogens is 1. The second-order valence-corrected chi connectivity index (χ2v) is 4.13. The summed E-state index contributed by atoms with van der Waals surface area (Å²) in [5, 5.41) is 10.4. The number of aromatic nitrogens is 4. The van der Waals surface area contributed by atoms with Gasteiger partial charge in [0.15, 0.2) is 11.4 Å². The Kier molecular flexibility index (Phi) is 3.05. The fourth-order valence-electron chi connectivity index (χ4n) is 1.71. The lowest BCUT2D eigenvalue weighted by molar-refractivity contribution is 0.102. The Morgan fingerprint density at radius 1 is 1.50 bits per heavy atom. The molecule has 0 radical (unpaired) electrons. The number of hydrogen-bond donors (Lipinski definition) is 2. The highest BCUT2D eigenvalue weighted by Crippen LogP contribution is 2.25. The highest BCUT2D eigenvalue weighted by molar-refractivity contribution is 6.12. The number of ether oxygens (including phenoxy) is 1. The van der Waals surface area contributed by atoms with Gasteiger partial charge in [-0.3, -0.25) is 14.6 Å². The number of hydrogen-bond acceptors (Lipinski definition) is 5.